The van der Waals surface area contributed by atoms with Crippen molar-refractivity contribution in [1.82, 2.24) is 25.1 Å². The van der Waals surface area contributed by atoms with Gasteiger partial charge in [0.05, 0.1) is 56.6 Å². The summed E-state index contributed by atoms with van der Waals surface area (Å²) in [4.78, 5) is 37.5. The highest BCUT2D eigenvalue weighted by molar-refractivity contribution is 7.99. The molecule has 0 saturated carbocycles. The molecule has 256 valence electrons. The number of non-ortho nitro benzene ring substituents is 1. The number of hydrogen-bond donors (Lipinski definition) is 1. The number of benzene rings is 3. The smallest absolute Gasteiger partial charge is 0.287 e. The van der Waals surface area contributed by atoms with Crippen molar-refractivity contribution in [2.75, 3.05) is 27.1 Å². The van der Waals surface area contributed by atoms with Crippen molar-refractivity contribution < 1.29 is 33.1 Å². The number of rotatable bonds is 13. The molecule has 1 N–H and O–H groups in total. The number of nitrogens with zero attached hydrogens (tertiary/aromatic N) is 6. The van der Waals surface area contributed by atoms with Gasteiger partial charge in [0.15, 0.2) is 28.2 Å². The number of furan rings is 1. The van der Waals surface area contributed by atoms with Gasteiger partial charge in [-0.15, -0.1) is 10.2 Å². The van der Waals surface area contributed by atoms with Crippen LogP contribution in [0.5, 0.6) is 17.2 Å². The molecule has 1 atom stereocenters. The van der Waals surface area contributed by atoms with Gasteiger partial charge in [-0.2, -0.15) is 5.10 Å². The number of methoxy groups -OCH3 is 3. The minimum Gasteiger partial charge on any atom is -0.497 e. The molecule has 1 aliphatic rings. The van der Waals surface area contributed by atoms with Crippen molar-refractivity contribution in [3.8, 4) is 22.9 Å². The highest BCUT2D eigenvalue weighted by Crippen LogP contribution is 2.42. The number of carbonyl (C=O) groups excluding carboxylic acids is 2. The van der Waals surface area contributed by atoms with Crippen LogP contribution in [0.4, 0.5) is 5.69 Å². The number of hydrogen-bond acceptors (Lipinski definition) is 12. The molecule has 50 heavy (non-hydrogen) atoms. The van der Waals surface area contributed by atoms with Gasteiger partial charge in [-0.3, -0.25) is 24.3 Å². The Hall–Kier alpha value is -6.16. The summed E-state index contributed by atoms with van der Waals surface area (Å²) in [7, 11) is 4.68. The number of nitrogens with one attached hydrogen (secondary N) is 1. The van der Waals surface area contributed by atoms with Crippen LogP contribution in [0.15, 0.2) is 99.8 Å². The predicted molar refractivity (Wildman–Crippen MR) is 182 cm³/mol. The molecule has 0 unspecified atom stereocenters. The zero-order valence-electron chi connectivity index (χ0n) is 27.1. The van der Waals surface area contributed by atoms with E-state index < -0.39 is 16.9 Å². The Morgan fingerprint density at radius 2 is 1.76 bits per heavy atom. The maximum absolute atomic E-state index is 14.1. The van der Waals surface area contributed by atoms with Crippen molar-refractivity contribution in [3.63, 3.8) is 0 Å². The Morgan fingerprint density at radius 1 is 0.980 bits per heavy atom. The van der Waals surface area contributed by atoms with Crippen LogP contribution < -0.4 is 19.5 Å². The van der Waals surface area contributed by atoms with E-state index in [1.165, 1.54) is 29.5 Å². The number of amides is 2. The number of thioether (sulfide) groups is 1. The monoisotopic (exact) mass is 697 g/mol. The van der Waals surface area contributed by atoms with E-state index in [9.17, 15) is 19.7 Å². The predicted octanol–water partition coefficient (Wildman–Crippen LogP) is 5.19. The number of nitro groups is 1. The first-order valence-electron chi connectivity index (χ1n) is 15.2. The number of para-hydroxylation sites is 1. The third-order valence-corrected chi connectivity index (χ3v) is 8.79. The average Bonchev–Trinajstić information content (AvgIpc) is 3.93. The molecule has 6 rings (SSSR count). The highest BCUT2D eigenvalue weighted by atomic mass is 32.2. The van der Waals surface area contributed by atoms with E-state index in [1.54, 1.807) is 50.2 Å². The fourth-order valence-electron chi connectivity index (χ4n) is 5.45. The van der Waals surface area contributed by atoms with Crippen LogP contribution in [-0.4, -0.2) is 69.3 Å². The summed E-state index contributed by atoms with van der Waals surface area (Å²) in [6.45, 7) is -0.0443. The van der Waals surface area contributed by atoms with Crippen molar-refractivity contribution in [3.05, 3.63) is 118 Å². The molecule has 1 aliphatic heterocycles. The number of ether oxygens (including phenoxy) is 3. The summed E-state index contributed by atoms with van der Waals surface area (Å²) in [5.41, 5.74) is 2.65. The summed E-state index contributed by atoms with van der Waals surface area (Å²) in [5, 5.41) is 29.2. The van der Waals surface area contributed by atoms with Crippen LogP contribution in [0, 0.1) is 10.1 Å². The maximum atomic E-state index is 14.1. The Labute approximate surface area is 290 Å². The third-order valence-electron chi connectivity index (χ3n) is 7.88. The number of nitro benzene ring substituents is 1. The second-order valence-corrected chi connectivity index (χ2v) is 11.7. The van der Waals surface area contributed by atoms with Crippen molar-refractivity contribution in [1.29, 1.82) is 0 Å². The first kappa shape index (κ1) is 33.7. The standard InChI is InChI=1S/C34H31N7O8S/c1-46-24-15-9-21(10-16-24)26-18-27(25-6-4-7-28(47-2)32(25)48-3)40(38-26)31(42)20-50-34-37-36-30(19-35-33(43)29-8-5-17-49-29)39(34)22-11-13-23(14-12-22)41(44)45/h4-17,27H,18-20H2,1-3H3,(H,35,43)/t27-/m0/s1. The highest BCUT2D eigenvalue weighted by Gasteiger charge is 2.36. The number of carbonyl (C=O) groups is 2. The van der Waals surface area contributed by atoms with Crippen LogP contribution in [0.25, 0.3) is 5.69 Å². The summed E-state index contributed by atoms with van der Waals surface area (Å²) < 4.78 is 23.4. The molecule has 2 amide bonds. The Kier molecular flexibility index (Phi) is 10.1. The molecule has 0 spiro atoms. The van der Waals surface area contributed by atoms with Crippen LogP contribution >= 0.6 is 11.8 Å². The van der Waals surface area contributed by atoms with Crippen molar-refractivity contribution in [2.24, 2.45) is 5.10 Å². The Morgan fingerprint density at radius 3 is 2.42 bits per heavy atom. The summed E-state index contributed by atoms with van der Waals surface area (Å²) >= 11 is 1.11. The van der Waals surface area contributed by atoms with Crippen LogP contribution in [0.3, 0.4) is 0 Å². The number of hydrazone groups is 1. The molecule has 0 bridgehead atoms. The molecular formula is C34H31N7O8S. The van der Waals surface area contributed by atoms with E-state index in [2.05, 4.69) is 15.5 Å². The zero-order valence-corrected chi connectivity index (χ0v) is 28.0. The van der Waals surface area contributed by atoms with E-state index in [0.717, 1.165) is 22.9 Å². The van der Waals surface area contributed by atoms with Gasteiger partial charge < -0.3 is 23.9 Å². The third kappa shape index (κ3) is 7.00. The molecule has 2 aromatic heterocycles. The molecule has 0 radical (unpaired) electrons. The lowest BCUT2D eigenvalue weighted by Crippen LogP contribution is -2.29. The van der Waals surface area contributed by atoms with Gasteiger partial charge >= 0.3 is 0 Å². The lowest BCUT2D eigenvalue weighted by molar-refractivity contribution is -0.384. The summed E-state index contributed by atoms with van der Waals surface area (Å²) in [6, 6.07) is 21.3. The van der Waals surface area contributed by atoms with E-state index in [-0.39, 0.29) is 29.7 Å². The van der Waals surface area contributed by atoms with Crippen molar-refractivity contribution >= 4 is 35.0 Å². The fraction of sp³-hybridized carbons (Fsp3) is 0.206. The van der Waals surface area contributed by atoms with E-state index in [4.69, 9.17) is 23.7 Å². The van der Waals surface area contributed by atoms with Crippen molar-refractivity contribution in [2.45, 2.75) is 24.2 Å². The lowest BCUT2D eigenvalue weighted by Gasteiger charge is -2.24. The average molecular weight is 698 g/mol. The van der Waals surface area contributed by atoms with Gasteiger partial charge in [-0.1, -0.05) is 23.9 Å². The quantitative estimate of drug-likeness (QED) is 0.0973. The Bertz CT molecular complexity index is 2030. The van der Waals surface area contributed by atoms with Gasteiger partial charge in [0.25, 0.3) is 17.5 Å². The minimum absolute atomic E-state index is 0.0443. The first-order valence-corrected chi connectivity index (χ1v) is 16.2. The lowest BCUT2D eigenvalue weighted by atomic mass is 9.97. The van der Waals surface area contributed by atoms with Crippen LogP contribution in [0.2, 0.25) is 0 Å². The second-order valence-electron chi connectivity index (χ2n) is 10.8. The van der Waals surface area contributed by atoms with E-state index in [0.29, 0.717) is 46.0 Å². The van der Waals surface area contributed by atoms with Crippen LogP contribution in [0.1, 0.15) is 40.0 Å². The van der Waals surface area contributed by atoms with Crippen LogP contribution in [-0.2, 0) is 11.3 Å². The topological polar surface area (TPSA) is 176 Å². The molecule has 0 fully saturated rings. The van der Waals surface area contributed by atoms with E-state index >= 15 is 0 Å². The van der Waals surface area contributed by atoms with Gasteiger partial charge in [0.2, 0.25) is 0 Å². The molecule has 0 saturated heterocycles. The van der Waals surface area contributed by atoms with Gasteiger partial charge in [-0.05, 0) is 60.2 Å². The SMILES string of the molecule is COc1ccc(C2=NN(C(=O)CSc3nnc(CNC(=O)c4ccco4)n3-c3ccc([N+](=O)[O-])cc3)[C@H](c3cccc(OC)c3OC)C2)cc1. The minimum atomic E-state index is -0.509. The molecule has 0 aliphatic carbocycles. The molecule has 15 nitrogen and oxygen atoms in total. The molecule has 5 aromatic rings. The zero-order chi connectivity index (χ0) is 35.2. The van der Waals surface area contributed by atoms with Gasteiger partial charge in [0, 0.05) is 29.8 Å². The normalized spacial score (nSPS) is 13.9. The Balaban J connectivity index is 1.29. The molecular weight excluding hydrogens is 666 g/mol. The number of aromatic nitrogens is 3. The molecule has 3 heterocycles. The maximum Gasteiger partial charge on any atom is 0.287 e. The molecule has 16 heteroatoms. The second kappa shape index (κ2) is 14.9. The fourth-order valence-corrected chi connectivity index (χ4v) is 6.28. The van der Waals surface area contributed by atoms with Gasteiger partial charge in [-0.25, -0.2) is 5.01 Å². The van der Waals surface area contributed by atoms with Gasteiger partial charge in [0.1, 0.15) is 5.75 Å². The van der Waals surface area contributed by atoms with E-state index in [1.807, 2.05) is 36.4 Å². The first-order chi connectivity index (χ1) is 24.3. The summed E-state index contributed by atoms with van der Waals surface area (Å²) in [5.74, 6) is 1.28. The molecule has 3 aromatic carbocycles. The summed E-state index contributed by atoms with van der Waals surface area (Å²) in [6.07, 6.45) is 1.80. The largest absolute Gasteiger partial charge is 0.497 e.